The van der Waals surface area contributed by atoms with E-state index in [0.29, 0.717) is 33.0 Å². The van der Waals surface area contributed by atoms with E-state index in [1.54, 1.807) is 24.3 Å². The van der Waals surface area contributed by atoms with E-state index in [-0.39, 0.29) is 23.3 Å². The Kier molecular flexibility index (Phi) is 5.98. The van der Waals surface area contributed by atoms with Crippen molar-refractivity contribution in [3.8, 4) is 33.4 Å². The van der Waals surface area contributed by atoms with Crippen molar-refractivity contribution < 1.29 is 18.3 Å². The summed E-state index contributed by atoms with van der Waals surface area (Å²) in [6.07, 6.45) is 0.849. The zero-order chi connectivity index (χ0) is 22.0. The Balaban J connectivity index is 1.78. The van der Waals surface area contributed by atoms with E-state index in [9.17, 15) is 13.6 Å². The van der Waals surface area contributed by atoms with Gasteiger partial charge in [-0.15, -0.1) is 11.3 Å². The molecular weight excluding hydrogens is 420 g/mol. The van der Waals surface area contributed by atoms with E-state index in [0.717, 1.165) is 13.0 Å². The minimum absolute atomic E-state index is 0.0484. The number of rotatable bonds is 5. The summed E-state index contributed by atoms with van der Waals surface area (Å²) in [4.78, 5) is 13.9. The van der Waals surface area contributed by atoms with Gasteiger partial charge in [-0.25, -0.2) is 8.78 Å². The van der Waals surface area contributed by atoms with Crippen LogP contribution in [0.4, 0.5) is 8.78 Å². The molecule has 1 saturated heterocycles. The number of methoxy groups -OCH3 is 1. The van der Waals surface area contributed by atoms with Crippen LogP contribution < -0.4 is 15.4 Å². The number of nitriles is 1. The van der Waals surface area contributed by atoms with Gasteiger partial charge in [0.25, 0.3) is 5.91 Å². The average Bonchev–Trinajstić information content (AvgIpc) is 3.43. The highest BCUT2D eigenvalue weighted by Crippen LogP contribution is 2.41. The van der Waals surface area contributed by atoms with Crippen LogP contribution in [0.15, 0.2) is 42.5 Å². The number of nitrogens with one attached hydrogen (secondary N) is 2. The van der Waals surface area contributed by atoms with Crippen LogP contribution in [0.3, 0.4) is 0 Å². The quantitative estimate of drug-likeness (QED) is 0.621. The third-order valence-electron chi connectivity index (χ3n) is 5.17. The number of nitrogens with zero attached hydrogens (tertiary/aromatic N) is 1. The minimum Gasteiger partial charge on any atom is -0.494 e. The van der Waals surface area contributed by atoms with Gasteiger partial charge in [-0.3, -0.25) is 4.79 Å². The molecule has 0 aliphatic carbocycles. The fourth-order valence-electron chi connectivity index (χ4n) is 3.55. The predicted octanol–water partition coefficient (Wildman–Crippen LogP) is 4.33. The van der Waals surface area contributed by atoms with E-state index >= 15 is 0 Å². The summed E-state index contributed by atoms with van der Waals surface area (Å²) in [6.45, 7) is 1.56. The third kappa shape index (κ3) is 4.29. The molecule has 1 aliphatic heterocycles. The Labute approximate surface area is 182 Å². The predicted molar refractivity (Wildman–Crippen MR) is 115 cm³/mol. The first-order valence-corrected chi connectivity index (χ1v) is 10.5. The van der Waals surface area contributed by atoms with Gasteiger partial charge in [-0.05, 0) is 60.5 Å². The SMILES string of the molecule is COc1ccc(-c2sc(C(=O)NC3CCNC3)cc2-c2ccc(C#N)c(F)c2)cc1F. The number of amides is 1. The van der Waals surface area contributed by atoms with E-state index in [4.69, 9.17) is 10.00 Å². The maximum absolute atomic E-state index is 14.4. The van der Waals surface area contributed by atoms with Crippen molar-refractivity contribution in [2.75, 3.05) is 20.2 Å². The van der Waals surface area contributed by atoms with Crippen molar-refractivity contribution in [3.05, 3.63) is 64.5 Å². The molecule has 3 aromatic rings. The van der Waals surface area contributed by atoms with Gasteiger partial charge in [0.15, 0.2) is 11.6 Å². The molecule has 1 aliphatic rings. The van der Waals surface area contributed by atoms with Crippen LogP contribution in [0.5, 0.6) is 5.75 Å². The fourth-order valence-corrected chi connectivity index (χ4v) is 4.63. The number of halogens is 2. The number of carbonyl (C=O) groups is 1. The molecule has 31 heavy (non-hydrogen) atoms. The highest BCUT2D eigenvalue weighted by molar-refractivity contribution is 7.18. The zero-order valence-corrected chi connectivity index (χ0v) is 17.5. The Morgan fingerprint density at radius 1 is 1.19 bits per heavy atom. The number of carbonyl (C=O) groups excluding carboxylic acids is 1. The topological polar surface area (TPSA) is 74.2 Å². The van der Waals surface area contributed by atoms with Gasteiger partial charge in [0.2, 0.25) is 0 Å². The molecule has 5 nitrogen and oxygen atoms in total. The van der Waals surface area contributed by atoms with Crippen molar-refractivity contribution in [1.29, 1.82) is 5.26 Å². The molecule has 4 rings (SSSR count). The lowest BCUT2D eigenvalue weighted by Crippen LogP contribution is -2.35. The summed E-state index contributed by atoms with van der Waals surface area (Å²) >= 11 is 1.21. The lowest BCUT2D eigenvalue weighted by atomic mass is 10.0. The summed E-state index contributed by atoms with van der Waals surface area (Å²) in [7, 11) is 1.38. The van der Waals surface area contributed by atoms with Crippen LogP contribution in [0.25, 0.3) is 21.6 Å². The lowest BCUT2D eigenvalue weighted by molar-refractivity contribution is 0.0944. The van der Waals surface area contributed by atoms with Crippen LogP contribution in [-0.4, -0.2) is 32.1 Å². The summed E-state index contributed by atoms with van der Waals surface area (Å²) in [5.41, 5.74) is 1.57. The van der Waals surface area contributed by atoms with Crippen LogP contribution >= 0.6 is 11.3 Å². The van der Waals surface area contributed by atoms with Gasteiger partial charge in [0.05, 0.1) is 17.6 Å². The summed E-state index contributed by atoms with van der Waals surface area (Å²) < 4.78 is 33.6. The van der Waals surface area contributed by atoms with E-state index in [2.05, 4.69) is 10.6 Å². The molecule has 0 saturated carbocycles. The van der Waals surface area contributed by atoms with E-state index < -0.39 is 11.6 Å². The average molecular weight is 439 g/mol. The molecule has 1 fully saturated rings. The first-order chi connectivity index (χ1) is 15.0. The Morgan fingerprint density at radius 3 is 2.61 bits per heavy atom. The fraction of sp³-hybridized carbons (Fsp3) is 0.217. The number of benzene rings is 2. The zero-order valence-electron chi connectivity index (χ0n) is 16.7. The second-order valence-corrected chi connectivity index (χ2v) is 8.22. The highest BCUT2D eigenvalue weighted by Gasteiger charge is 2.22. The van der Waals surface area contributed by atoms with Crippen molar-refractivity contribution in [3.63, 3.8) is 0 Å². The lowest BCUT2D eigenvalue weighted by Gasteiger charge is -2.09. The van der Waals surface area contributed by atoms with Gasteiger partial charge in [-0.2, -0.15) is 5.26 Å². The van der Waals surface area contributed by atoms with Crippen LogP contribution in [0.1, 0.15) is 21.7 Å². The van der Waals surface area contributed by atoms with Crippen LogP contribution in [0.2, 0.25) is 0 Å². The minimum atomic E-state index is -0.652. The van der Waals surface area contributed by atoms with Gasteiger partial charge in [0.1, 0.15) is 11.9 Å². The molecule has 158 valence electrons. The molecule has 1 unspecified atom stereocenters. The Bertz CT molecular complexity index is 1180. The monoisotopic (exact) mass is 439 g/mol. The Hall–Kier alpha value is -3.28. The molecule has 1 aromatic heterocycles. The normalized spacial score (nSPS) is 15.5. The van der Waals surface area contributed by atoms with Crippen LogP contribution in [0, 0.1) is 23.0 Å². The van der Waals surface area contributed by atoms with Crippen molar-refractivity contribution in [2.24, 2.45) is 0 Å². The maximum Gasteiger partial charge on any atom is 0.261 e. The molecule has 8 heteroatoms. The number of thiophene rings is 1. The molecule has 2 heterocycles. The van der Waals surface area contributed by atoms with E-state index in [1.807, 2.05) is 0 Å². The molecule has 2 N–H and O–H groups in total. The van der Waals surface area contributed by atoms with Crippen LogP contribution in [-0.2, 0) is 0 Å². The standard InChI is InChI=1S/C23H19F2N3O2S/c1-30-20-5-4-14(9-19(20)25)22-17(13-2-3-15(11-26)18(24)8-13)10-21(31-22)23(29)28-16-6-7-27-12-16/h2-5,8-10,16,27H,6-7,12H2,1H3,(H,28,29). The molecule has 0 spiro atoms. The maximum atomic E-state index is 14.4. The molecule has 1 atom stereocenters. The molecule has 0 radical (unpaired) electrons. The first kappa shape index (κ1) is 21.0. The summed E-state index contributed by atoms with van der Waals surface area (Å²) in [6, 6.07) is 12.3. The van der Waals surface area contributed by atoms with Gasteiger partial charge in [0, 0.05) is 23.0 Å². The first-order valence-electron chi connectivity index (χ1n) is 9.69. The van der Waals surface area contributed by atoms with Gasteiger partial charge < -0.3 is 15.4 Å². The third-order valence-corrected chi connectivity index (χ3v) is 6.35. The number of hydrogen-bond acceptors (Lipinski definition) is 5. The number of ether oxygens (including phenoxy) is 1. The van der Waals surface area contributed by atoms with Crippen molar-refractivity contribution >= 4 is 17.2 Å². The summed E-state index contributed by atoms with van der Waals surface area (Å²) in [5, 5.41) is 15.2. The smallest absolute Gasteiger partial charge is 0.261 e. The number of hydrogen-bond donors (Lipinski definition) is 2. The van der Waals surface area contributed by atoms with Gasteiger partial charge >= 0.3 is 0 Å². The molecule has 2 aromatic carbocycles. The largest absolute Gasteiger partial charge is 0.494 e. The Morgan fingerprint density at radius 2 is 1.97 bits per heavy atom. The highest BCUT2D eigenvalue weighted by atomic mass is 32.1. The van der Waals surface area contributed by atoms with Crippen molar-refractivity contribution in [2.45, 2.75) is 12.5 Å². The van der Waals surface area contributed by atoms with Gasteiger partial charge in [-0.1, -0.05) is 6.07 Å². The molecule has 0 bridgehead atoms. The van der Waals surface area contributed by atoms with Crippen molar-refractivity contribution in [1.82, 2.24) is 10.6 Å². The van der Waals surface area contributed by atoms with E-state index in [1.165, 1.54) is 42.7 Å². The second-order valence-electron chi connectivity index (χ2n) is 7.17. The molecular formula is C23H19F2N3O2S. The second kappa shape index (κ2) is 8.84. The molecule has 1 amide bonds. The summed E-state index contributed by atoms with van der Waals surface area (Å²) in [5.74, 6) is -1.30.